The van der Waals surface area contributed by atoms with E-state index in [1.165, 1.54) is 11.6 Å². The summed E-state index contributed by atoms with van der Waals surface area (Å²) in [6.07, 6.45) is 3.14. The average molecular weight is 581 g/mol. The van der Waals surface area contributed by atoms with Gasteiger partial charge in [-0.3, -0.25) is 14.8 Å². The molecule has 3 aliphatic rings. The van der Waals surface area contributed by atoms with Crippen LogP contribution in [0.3, 0.4) is 0 Å². The minimum atomic E-state index is -0.939. The van der Waals surface area contributed by atoms with Crippen molar-refractivity contribution in [2.45, 2.75) is 64.0 Å². The van der Waals surface area contributed by atoms with E-state index in [1.807, 2.05) is 6.07 Å². The van der Waals surface area contributed by atoms with E-state index < -0.39 is 5.97 Å². The first-order valence-electron chi connectivity index (χ1n) is 14.9. The minimum Gasteiger partial charge on any atom is -0.478 e. The number of carboxylic acids is 1. The van der Waals surface area contributed by atoms with Gasteiger partial charge in [-0.2, -0.15) is 5.26 Å². The topological polar surface area (TPSA) is 108 Å². The molecule has 1 atom stereocenters. The number of carboxylic acid groups (broad SMARTS) is 1. The zero-order valence-electron chi connectivity index (χ0n) is 23.9. The van der Waals surface area contributed by atoms with Crippen LogP contribution in [0.25, 0.3) is 11.0 Å². The lowest BCUT2D eigenvalue weighted by Gasteiger charge is -2.32. The molecule has 0 radical (unpaired) electrons. The number of piperidine rings is 1. The Morgan fingerprint density at radius 1 is 1.02 bits per heavy atom. The van der Waals surface area contributed by atoms with Gasteiger partial charge in [-0.25, -0.2) is 14.2 Å². The van der Waals surface area contributed by atoms with Crippen molar-refractivity contribution in [3.8, 4) is 6.07 Å². The summed E-state index contributed by atoms with van der Waals surface area (Å²) in [7, 11) is 0. The van der Waals surface area contributed by atoms with Crippen molar-refractivity contribution < 1.29 is 19.0 Å². The monoisotopic (exact) mass is 580 g/mol. The second-order valence-corrected chi connectivity index (χ2v) is 11.9. The Bertz CT molecular complexity index is 1730. The highest BCUT2D eigenvalue weighted by atomic mass is 19.1. The molecule has 9 nitrogen and oxygen atoms in total. The van der Waals surface area contributed by atoms with Crippen LogP contribution in [0.2, 0.25) is 0 Å². The number of nitrogens with zero attached hydrogens (tertiary/aromatic N) is 6. The normalized spacial score (nSPS) is 19.3. The molecule has 5 heterocycles. The molecule has 2 aromatic carbocycles. The zero-order valence-corrected chi connectivity index (χ0v) is 23.9. The van der Waals surface area contributed by atoms with Gasteiger partial charge in [0.05, 0.1) is 53.1 Å². The summed E-state index contributed by atoms with van der Waals surface area (Å²) in [6, 6.07) is 16.1. The van der Waals surface area contributed by atoms with Crippen LogP contribution in [-0.4, -0.2) is 61.2 Å². The maximum atomic E-state index is 14.5. The molecule has 0 amide bonds. The van der Waals surface area contributed by atoms with E-state index in [1.54, 1.807) is 30.3 Å². The third-order valence-electron chi connectivity index (χ3n) is 9.06. The van der Waals surface area contributed by atoms with E-state index in [2.05, 4.69) is 26.5 Å². The smallest absolute Gasteiger partial charge is 0.335 e. The largest absolute Gasteiger partial charge is 0.478 e. The fourth-order valence-electron chi connectivity index (χ4n) is 6.51. The zero-order chi connectivity index (χ0) is 29.5. The number of benzene rings is 2. The molecule has 0 spiro atoms. The van der Waals surface area contributed by atoms with E-state index in [0.717, 1.165) is 73.7 Å². The van der Waals surface area contributed by atoms with Gasteiger partial charge in [0.1, 0.15) is 11.6 Å². The molecule has 10 heteroatoms. The number of aromatic carboxylic acids is 1. The number of nitriles is 1. The predicted molar refractivity (Wildman–Crippen MR) is 157 cm³/mol. The molecule has 0 aliphatic carbocycles. The van der Waals surface area contributed by atoms with Gasteiger partial charge in [-0.15, -0.1) is 0 Å². The van der Waals surface area contributed by atoms with Crippen molar-refractivity contribution in [3.05, 3.63) is 93.8 Å². The summed E-state index contributed by atoms with van der Waals surface area (Å²) in [5.74, 6) is 0.0476. The first-order valence-corrected chi connectivity index (χ1v) is 14.9. The van der Waals surface area contributed by atoms with Crippen LogP contribution in [0.4, 0.5) is 4.39 Å². The van der Waals surface area contributed by atoms with Crippen LogP contribution >= 0.6 is 0 Å². The van der Waals surface area contributed by atoms with Crippen molar-refractivity contribution in [3.63, 3.8) is 0 Å². The van der Waals surface area contributed by atoms with Crippen LogP contribution < -0.4 is 0 Å². The number of hydrogen-bond donors (Lipinski definition) is 1. The van der Waals surface area contributed by atoms with E-state index in [-0.39, 0.29) is 17.5 Å². The fraction of sp³-hybridized carbons (Fsp3) is 0.394. The van der Waals surface area contributed by atoms with Crippen molar-refractivity contribution in [1.82, 2.24) is 24.3 Å². The Labute approximate surface area is 249 Å². The number of carbonyl (C=O) groups is 1. The average Bonchev–Trinajstić information content (AvgIpc) is 3.55. The molecular weight excluding hydrogens is 547 g/mol. The molecule has 43 heavy (non-hydrogen) atoms. The molecule has 220 valence electrons. The molecule has 0 unspecified atom stereocenters. The van der Waals surface area contributed by atoms with Gasteiger partial charge < -0.3 is 14.4 Å². The second-order valence-electron chi connectivity index (χ2n) is 11.9. The van der Waals surface area contributed by atoms with Crippen molar-refractivity contribution >= 4 is 17.0 Å². The SMILES string of the molecule is N#Cc1ccc(CN2Cc3ccc(C4CCN(Cc5nc6ccc(C(=O)O)cc6n5C[C@@H]5CCO5)CC4)nc3C2)c(F)c1. The number of ether oxygens (including phenoxy) is 1. The number of aromatic nitrogens is 3. The Balaban J connectivity index is 0.999. The van der Waals surface area contributed by atoms with Crippen LogP contribution in [0, 0.1) is 17.1 Å². The van der Waals surface area contributed by atoms with Crippen molar-refractivity contribution in [2.24, 2.45) is 0 Å². The fourth-order valence-corrected chi connectivity index (χ4v) is 6.51. The molecule has 0 bridgehead atoms. The highest BCUT2D eigenvalue weighted by Gasteiger charge is 2.28. The number of halogens is 1. The van der Waals surface area contributed by atoms with Crippen molar-refractivity contribution in [2.75, 3.05) is 19.7 Å². The van der Waals surface area contributed by atoms with Crippen LogP contribution in [0.15, 0.2) is 48.5 Å². The minimum absolute atomic E-state index is 0.139. The number of rotatable bonds is 8. The lowest BCUT2D eigenvalue weighted by atomic mass is 9.92. The number of fused-ring (bicyclic) bond motifs is 2. The summed E-state index contributed by atoms with van der Waals surface area (Å²) in [5.41, 5.74) is 6.24. The van der Waals surface area contributed by atoms with Crippen molar-refractivity contribution in [1.29, 1.82) is 5.26 Å². The van der Waals surface area contributed by atoms with E-state index in [9.17, 15) is 14.3 Å². The summed E-state index contributed by atoms with van der Waals surface area (Å²) < 4.78 is 22.3. The Morgan fingerprint density at radius 2 is 1.86 bits per heavy atom. The Morgan fingerprint density at radius 3 is 2.58 bits per heavy atom. The molecule has 7 rings (SSSR count). The maximum absolute atomic E-state index is 14.5. The van der Waals surface area contributed by atoms with Crippen LogP contribution in [-0.2, 0) is 37.5 Å². The van der Waals surface area contributed by atoms with Gasteiger partial charge in [-0.05, 0) is 74.3 Å². The highest BCUT2D eigenvalue weighted by Crippen LogP contribution is 2.32. The molecule has 2 saturated heterocycles. The number of pyridine rings is 1. The predicted octanol–water partition coefficient (Wildman–Crippen LogP) is 4.82. The van der Waals surface area contributed by atoms with Gasteiger partial charge in [0.15, 0.2) is 0 Å². The van der Waals surface area contributed by atoms with E-state index in [4.69, 9.17) is 20.0 Å². The molecule has 3 aliphatic heterocycles. The number of likely N-dealkylation sites (tertiary alicyclic amines) is 1. The highest BCUT2D eigenvalue weighted by molar-refractivity contribution is 5.92. The van der Waals surface area contributed by atoms with Crippen LogP contribution in [0.5, 0.6) is 0 Å². The van der Waals surface area contributed by atoms with Gasteiger partial charge in [0.2, 0.25) is 0 Å². The third kappa shape index (κ3) is 5.64. The molecule has 2 fully saturated rings. The first kappa shape index (κ1) is 27.7. The summed E-state index contributed by atoms with van der Waals surface area (Å²) in [6.45, 7) is 5.91. The summed E-state index contributed by atoms with van der Waals surface area (Å²) in [5, 5.41) is 18.5. The molecule has 1 N–H and O–H groups in total. The number of hydrogen-bond acceptors (Lipinski definition) is 7. The molecule has 2 aromatic heterocycles. The third-order valence-corrected chi connectivity index (χ3v) is 9.06. The quantitative estimate of drug-likeness (QED) is 0.316. The molecule has 0 saturated carbocycles. The van der Waals surface area contributed by atoms with Gasteiger partial charge in [-0.1, -0.05) is 12.1 Å². The standard InChI is InChI=1S/C33H33FN6O3/c34-27-13-21(15-35)1-2-24(27)16-39-17-25-4-5-28(36-30(25)19-39)22-7-10-38(11-8-22)20-32-37-29-6-3-23(33(41)42)14-31(29)40(32)18-26-9-12-43-26/h1-6,13-14,22,26H,7-12,16-20H2,(H,41,42)/t26-/m0/s1. The van der Waals surface area contributed by atoms with E-state index >= 15 is 0 Å². The molecule has 4 aromatic rings. The van der Waals surface area contributed by atoms with Gasteiger partial charge in [0, 0.05) is 43.4 Å². The summed E-state index contributed by atoms with van der Waals surface area (Å²) >= 11 is 0. The Kier molecular flexibility index (Phi) is 7.39. The number of imidazole rings is 1. The Hall–Kier alpha value is -4.17. The maximum Gasteiger partial charge on any atom is 0.335 e. The lowest BCUT2D eigenvalue weighted by molar-refractivity contribution is -0.0592. The van der Waals surface area contributed by atoms with Gasteiger partial charge in [0.25, 0.3) is 0 Å². The second kappa shape index (κ2) is 11.5. The lowest BCUT2D eigenvalue weighted by Crippen LogP contribution is -2.35. The molecular formula is C33H33FN6O3. The summed E-state index contributed by atoms with van der Waals surface area (Å²) in [4.78, 5) is 26.2. The van der Waals surface area contributed by atoms with Gasteiger partial charge >= 0.3 is 5.97 Å². The van der Waals surface area contributed by atoms with E-state index in [0.29, 0.717) is 43.2 Å². The van der Waals surface area contributed by atoms with Crippen LogP contribution in [0.1, 0.15) is 69.4 Å². The first-order chi connectivity index (χ1) is 20.9.